The molecule has 0 aliphatic carbocycles. The van der Waals surface area contributed by atoms with Gasteiger partial charge < -0.3 is 4.74 Å². The summed E-state index contributed by atoms with van der Waals surface area (Å²) in [5, 5.41) is 0. The number of ether oxygens (including phenoxy) is 1. The number of hydrogen-bond acceptors (Lipinski definition) is 2. The Labute approximate surface area is 66.2 Å². The molecule has 0 saturated heterocycles. The summed E-state index contributed by atoms with van der Waals surface area (Å²) in [6.45, 7) is 4.06. The van der Waals surface area contributed by atoms with Crippen LogP contribution in [-0.4, -0.2) is 12.6 Å². The van der Waals surface area contributed by atoms with Gasteiger partial charge in [-0.25, -0.2) is 0 Å². The monoisotopic (exact) mass is 175 g/mol. The molecule has 0 aromatic rings. The topological polar surface area (TPSA) is 26.3 Å². The Hall–Kier alpha value is -0.0235. The largest absolute Gasteiger partial charge is 0.466 e. The van der Waals surface area contributed by atoms with Crippen LogP contribution in [0.5, 0.6) is 0 Å². The number of hydrogen-bond donors (Lipinski definition) is 0. The van der Waals surface area contributed by atoms with Crippen molar-refractivity contribution >= 4 is 5.97 Å². The van der Waals surface area contributed by atoms with E-state index in [0.29, 0.717) is 6.61 Å². The third-order valence-electron chi connectivity index (χ3n) is 0.803. The predicted molar refractivity (Wildman–Crippen MR) is 31.5 cm³/mol. The summed E-state index contributed by atoms with van der Waals surface area (Å²) in [6.07, 6.45) is 2.05. The first-order valence-corrected chi connectivity index (χ1v) is 2.90. The van der Waals surface area contributed by atoms with Crippen molar-refractivity contribution in [3.63, 3.8) is 0 Å². The molecule has 9 heavy (non-hydrogen) atoms. The van der Waals surface area contributed by atoms with Crippen molar-refractivity contribution in [2.45, 2.75) is 26.7 Å². The molecule has 0 N–H and O–H groups in total. The van der Waals surface area contributed by atoms with E-state index in [1.54, 1.807) is 0 Å². The molecule has 0 heterocycles. The van der Waals surface area contributed by atoms with Crippen molar-refractivity contribution in [1.29, 1.82) is 0 Å². The molecule has 0 aromatic carbocycles. The first-order valence-electron chi connectivity index (χ1n) is 2.90. The van der Waals surface area contributed by atoms with Crippen LogP contribution in [0.3, 0.4) is 0 Å². The fraction of sp³-hybridized carbons (Fsp3) is 0.833. The van der Waals surface area contributed by atoms with Crippen LogP contribution in [0.4, 0.5) is 0 Å². The standard InChI is InChI=1S/C6H12O2.Co/c1-3-4-5-8-6(2)7;/h3-5H2,1-2H3;. The van der Waals surface area contributed by atoms with Gasteiger partial charge in [0.15, 0.2) is 0 Å². The average molecular weight is 175 g/mol. The van der Waals surface area contributed by atoms with E-state index in [-0.39, 0.29) is 22.7 Å². The normalized spacial score (nSPS) is 7.78. The maximum atomic E-state index is 10.1. The zero-order valence-corrected chi connectivity index (χ0v) is 6.81. The van der Waals surface area contributed by atoms with E-state index in [4.69, 9.17) is 0 Å². The molecule has 0 saturated carbocycles. The molecular weight excluding hydrogens is 163 g/mol. The first kappa shape index (κ1) is 11.7. The van der Waals surface area contributed by atoms with E-state index in [1.165, 1.54) is 6.92 Å². The molecule has 3 heteroatoms. The van der Waals surface area contributed by atoms with E-state index in [0.717, 1.165) is 12.8 Å². The molecular formula is C6H12CoO2. The van der Waals surface area contributed by atoms with Crippen molar-refractivity contribution in [1.82, 2.24) is 0 Å². The molecule has 0 spiro atoms. The number of esters is 1. The Bertz CT molecular complexity index is 73.5. The van der Waals surface area contributed by atoms with E-state index in [2.05, 4.69) is 11.7 Å². The van der Waals surface area contributed by atoms with Crippen LogP contribution in [0.2, 0.25) is 0 Å². The van der Waals surface area contributed by atoms with Crippen molar-refractivity contribution in [3.05, 3.63) is 0 Å². The molecule has 0 aliphatic rings. The minimum atomic E-state index is -0.182. The molecule has 0 rings (SSSR count). The number of carbonyl (C=O) groups is 1. The first-order chi connectivity index (χ1) is 3.77. The van der Waals surface area contributed by atoms with Crippen LogP contribution in [0.25, 0.3) is 0 Å². The van der Waals surface area contributed by atoms with Crippen LogP contribution in [0.15, 0.2) is 0 Å². The Kier molecular flexibility index (Phi) is 10.4. The average Bonchev–Trinajstić information content (AvgIpc) is 1.66. The Morgan fingerprint density at radius 3 is 2.44 bits per heavy atom. The van der Waals surface area contributed by atoms with Crippen molar-refractivity contribution in [2.75, 3.05) is 6.61 Å². The second kappa shape index (κ2) is 7.98. The van der Waals surface area contributed by atoms with Gasteiger partial charge in [-0.15, -0.1) is 0 Å². The van der Waals surface area contributed by atoms with Crippen LogP contribution < -0.4 is 0 Å². The van der Waals surface area contributed by atoms with Gasteiger partial charge in [0.05, 0.1) is 6.61 Å². The molecule has 1 radical (unpaired) electrons. The Morgan fingerprint density at radius 2 is 2.11 bits per heavy atom. The van der Waals surface area contributed by atoms with Gasteiger partial charge in [-0.05, 0) is 6.42 Å². The molecule has 0 aliphatic heterocycles. The third kappa shape index (κ3) is 11.5. The molecule has 0 fully saturated rings. The van der Waals surface area contributed by atoms with E-state index in [1.807, 2.05) is 0 Å². The molecule has 0 unspecified atom stereocenters. The van der Waals surface area contributed by atoms with Gasteiger partial charge in [0.1, 0.15) is 0 Å². The van der Waals surface area contributed by atoms with Gasteiger partial charge in [-0.2, -0.15) is 0 Å². The minimum Gasteiger partial charge on any atom is -0.466 e. The second-order valence-corrected chi connectivity index (χ2v) is 1.69. The van der Waals surface area contributed by atoms with Crippen molar-refractivity contribution in [3.8, 4) is 0 Å². The molecule has 0 atom stereocenters. The van der Waals surface area contributed by atoms with Gasteiger partial charge in [0.25, 0.3) is 0 Å². The summed E-state index contributed by atoms with van der Waals surface area (Å²) in [5.41, 5.74) is 0. The number of carbonyl (C=O) groups excluding carboxylic acids is 1. The van der Waals surface area contributed by atoms with E-state index >= 15 is 0 Å². The van der Waals surface area contributed by atoms with Gasteiger partial charge in [-0.1, -0.05) is 13.3 Å². The summed E-state index contributed by atoms with van der Waals surface area (Å²) in [6, 6.07) is 0. The maximum absolute atomic E-state index is 10.1. The molecule has 2 nitrogen and oxygen atoms in total. The Balaban J connectivity index is 0. The third-order valence-corrected chi connectivity index (χ3v) is 0.803. The summed E-state index contributed by atoms with van der Waals surface area (Å²) in [5.74, 6) is -0.182. The SMILES string of the molecule is CCCCOC(C)=O.[Co]. The van der Waals surface area contributed by atoms with Gasteiger partial charge in [0, 0.05) is 23.7 Å². The van der Waals surface area contributed by atoms with E-state index in [9.17, 15) is 4.79 Å². The van der Waals surface area contributed by atoms with E-state index < -0.39 is 0 Å². The maximum Gasteiger partial charge on any atom is 0.302 e. The molecule has 0 bridgehead atoms. The van der Waals surface area contributed by atoms with Crippen molar-refractivity contribution in [2.24, 2.45) is 0 Å². The van der Waals surface area contributed by atoms with Crippen LogP contribution in [-0.2, 0) is 26.3 Å². The quantitative estimate of drug-likeness (QED) is 0.478. The predicted octanol–water partition coefficient (Wildman–Crippen LogP) is 1.35. The summed E-state index contributed by atoms with van der Waals surface area (Å²) in [7, 11) is 0. The molecule has 0 aromatic heterocycles. The fourth-order valence-electron chi connectivity index (χ4n) is 0.360. The van der Waals surface area contributed by atoms with Crippen LogP contribution in [0, 0.1) is 0 Å². The van der Waals surface area contributed by atoms with Crippen LogP contribution in [0.1, 0.15) is 26.7 Å². The summed E-state index contributed by atoms with van der Waals surface area (Å²) >= 11 is 0. The minimum absolute atomic E-state index is 0. The zero-order valence-electron chi connectivity index (χ0n) is 5.77. The van der Waals surface area contributed by atoms with Gasteiger partial charge >= 0.3 is 5.97 Å². The van der Waals surface area contributed by atoms with Crippen molar-refractivity contribution < 1.29 is 26.3 Å². The number of unbranched alkanes of at least 4 members (excludes halogenated alkanes) is 1. The summed E-state index contributed by atoms with van der Waals surface area (Å²) < 4.78 is 4.64. The Morgan fingerprint density at radius 1 is 1.56 bits per heavy atom. The number of rotatable bonds is 3. The zero-order chi connectivity index (χ0) is 6.41. The molecule has 57 valence electrons. The molecule has 0 amide bonds. The smallest absolute Gasteiger partial charge is 0.302 e. The van der Waals surface area contributed by atoms with Gasteiger partial charge in [-0.3, -0.25) is 4.79 Å². The second-order valence-electron chi connectivity index (χ2n) is 1.69. The van der Waals surface area contributed by atoms with Gasteiger partial charge in [0.2, 0.25) is 0 Å². The fourth-order valence-corrected chi connectivity index (χ4v) is 0.360. The summed E-state index contributed by atoms with van der Waals surface area (Å²) in [4.78, 5) is 10.1. The van der Waals surface area contributed by atoms with Crippen LogP contribution >= 0.6 is 0 Å².